The molecule has 0 aliphatic rings. The smallest absolute Gasteiger partial charge is 0.108 e. The molecule has 0 aliphatic carbocycles. The van der Waals surface area contributed by atoms with E-state index in [0.29, 0.717) is 51.8 Å². The van der Waals surface area contributed by atoms with Gasteiger partial charge in [-0.05, 0) is 29.4 Å². The predicted octanol–water partition coefficient (Wildman–Crippen LogP) is 1.56. The van der Waals surface area contributed by atoms with Gasteiger partial charge in [0, 0.05) is 25.9 Å². The molecule has 0 saturated carbocycles. The third kappa shape index (κ3) is 7.46. The van der Waals surface area contributed by atoms with Gasteiger partial charge in [-0.25, -0.2) is 0 Å². The summed E-state index contributed by atoms with van der Waals surface area (Å²) in [4.78, 5) is 12.4. The molecule has 0 atom stereocenters. The SMILES string of the molecule is COCCOCCOCCN(CCO)c1ccc(N=O)cc1. The third-order valence-electron chi connectivity index (χ3n) is 3.00. The Morgan fingerprint density at radius 1 is 1.00 bits per heavy atom. The third-order valence-corrected chi connectivity index (χ3v) is 3.00. The van der Waals surface area contributed by atoms with Crippen LogP contribution in [0.5, 0.6) is 0 Å². The molecule has 0 radical (unpaired) electrons. The number of nitrogens with zero attached hydrogens (tertiary/aromatic N) is 2. The molecule has 0 unspecified atom stereocenters. The summed E-state index contributed by atoms with van der Waals surface area (Å²) in [5.74, 6) is 0. The van der Waals surface area contributed by atoms with Gasteiger partial charge in [0.2, 0.25) is 0 Å². The molecule has 1 rings (SSSR count). The van der Waals surface area contributed by atoms with Gasteiger partial charge < -0.3 is 24.2 Å². The summed E-state index contributed by atoms with van der Waals surface area (Å²) >= 11 is 0. The van der Waals surface area contributed by atoms with Gasteiger partial charge in [0.05, 0.1) is 39.6 Å². The van der Waals surface area contributed by atoms with Crippen LogP contribution in [-0.2, 0) is 14.2 Å². The van der Waals surface area contributed by atoms with Crippen molar-refractivity contribution >= 4 is 11.4 Å². The molecule has 0 heterocycles. The van der Waals surface area contributed by atoms with Gasteiger partial charge in [0.15, 0.2) is 0 Å². The minimum Gasteiger partial charge on any atom is -0.395 e. The Bertz CT molecular complexity index is 399. The number of benzene rings is 1. The van der Waals surface area contributed by atoms with E-state index in [1.807, 2.05) is 4.90 Å². The highest BCUT2D eigenvalue weighted by Crippen LogP contribution is 2.19. The lowest BCUT2D eigenvalue weighted by molar-refractivity contribution is 0.0264. The minimum absolute atomic E-state index is 0.0494. The van der Waals surface area contributed by atoms with Crippen LogP contribution in [0, 0.1) is 4.91 Å². The molecule has 0 aromatic heterocycles. The molecule has 7 nitrogen and oxygen atoms in total. The molecule has 0 spiro atoms. The second-order valence-electron chi connectivity index (χ2n) is 4.54. The van der Waals surface area contributed by atoms with Gasteiger partial charge in [-0.3, -0.25) is 0 Å². The standard InChI is InChI=1S/C15H24N2O5/c1-20-10-11-22-13-12-21-9-7-17(6-8-18)15-4-2-14(16-19)3-5-15/h2-5,18H,6-13H2,1H3. The maximum Gasteiger partial charge on any atom is 0.108 e. The van der Waals surface area contributed by atoms with Crippen LogP contribution in [0.4, 0.5) is 11.4 Å². The van der Waals surface area contributed by atoms with Crippen molar-refractivity contribution in [3.8, 4) is 0 Å². The molecule has 0 aliphatic heterocycles. The van der Waals surface area contributed by atoms with Crippen molar-refractivity contribution in [2.75, 3.05) is 64.7 Å². The van der Waals surface area contributed by atoms with Crippen molar-refractivity contribution in [2.24, 2.45) is 5.18 Å². The summed E-state index contributed by atoms with van der Waals surface area (Å²) in [7, 11) is 1.63. The lowest BCUT2D eigenvalue weighted by Gasteiger charge is -2.23. The fourth-order valence-corrected chi connectivity index (χ4v) is 1.85. The highest BCUT2D eigenvalue weighted by atomic mass is 16.5. The summed E-state index contributed by atoms with van der Waals surface area (Å²) in [6, 6.07) is 6.91. The maximum absolute atomic E-state index is 10.4. The monoisotopic (exact) mass is 312 g/mol. The summed E-state index contributed by atoms with van der Waals surface area (Å²) in [5, 5.41) is 12.0. The van der Waals surface area contributed by atoms with Crippen LogP contribution in [-0.4, -0.2) is 64.9 Å². The van der Waals surface area contributed by atoms with Crippen molar-refractivity contribution in [3.63, 3.8) is 0 Å². The zero-order valence-electron chi connectivity index (χ0n) is 12.9. The van der Waals surface area contributed by atoms with Crippen molar-refractivity contribution in [1.29, 1.82) is 0 Å². The zero-order chi connectivity index (χ0) is 16.0. The van der Waals surface area contributed by atoms with Crippen LogP contribution in [0.3, 0.4) is 0 Å². The molecule has 0 fully saturated rings. The lowest BCUT2D eigenvalue weighted by atomic mass is 10.2. The topological polar surface area (TPSA) is 80.6 Å². The van der Waals surface area contributed by atoms with Crippen LogP contribution < -0.4 is 4.90 Å². The van der Waals surface area contributed by atoms with E-state index in [2.05, 4.69) is 5.18 Å². The Kier molecular flexibility index (Phi) is 10.1. The van der Waals surface area contributed by atoms with E-state index < -0.39 is 0 Å². The molecule has 124 valence electrons. The van der Waals surface area contributed by atoms with Crippen molar-refractivity contribution in [1.82, 2.24) is 0 Å². The average Bonchev–Trinajstić information content (AvgIpc) is 2.56. The number of anilines is 1. The summed E-state index contributed by atoms with van der Waals surface area (Å²) in [5.41, 5.74) is 1.30. The predicted molar refractivity (Wildman–Crippen MR) is 84.7 cm³/mol. The van der Waals surface area contributed by atoms with Gasteiger partial charge in [0.1, 0.15) is 5.69 Å². The number of hydrogen-bond acceptors (Lipinski definition) is 7. The zero-order valence-corrected chi connectivity index (χ0v) is 12.9. The molecular formula is C15H24N2O5. The first-order chi connectivity index (χ1) is 10.8. The fourth-order valence-electron chi connectivity index (χ4n) is 1.85. The first kappa shape index (κ1) is 18.5. The Hall–Kier alpha value is -1.54. The van der Waals surface area contributed by atoms with Crippen LogP contribution >= 0.6 is 0 Å². The Morgan fingerprint density at radius 2 is 1.64 bits per heavy atom. The summed E-state index contributed by atoms with van der Waals surface area (Å²) < 4.78 is 15.7. The minimum atomic E-state index is 0.0494. The Balaban J connectivity index is 2.27. The Labute approximate surface area is 130 Å². The molecule has 0 amide bonds. The molecule has 7 heteroatoms. The number of hydrogen-bond donors (Lipinski definition) is 1. The number of nitroso groups, excluding NO2 is 1. The first-order valence-electron chi connectivity index (χ1n) is 7.25. The van der Waals surface area contributed by atoms with Gasteiger partial charge >= 0.3 is 0 Å². The maximum atomic E-state index is 10.4. The number of aliphatic hydroxyl groups is 1. The molecule has 1 aromatic carbocycles. The first-order valence-corrected chi connectivity index (χ1v) is 7.25. The molecular weight excluding hydrogens is 288 g/mol. The molecule has 22 heavy (non-hydrogen) atoms. The average molecular weight is 312 g/mol. The van der Waals surface area contributed by atoms with Gasteiger partial charge in [0.25, 0.3) is 0 Å². The van der Waals surface area contributed by atoms with Gasteiger partial charge in [-0.15, -0.1) is 4.91 Å². The number of rotatable bonds is 13. The lowest BCUT2D eigenvalue weighted by Crippen LogP contribution is -2.30. The summed E-state index contributed by atoms with van der Waals surface area (Å²) in [6.07, 6.45) is 0. The second kappa shape index (κ2) is 12.0. The fraction of sp³-hybridized carbons (Fsp3) is 0.600. The van der Waals surface area contributed by atoms with Crippen LogP contribution in [0.1, 0.15) is 0 Å². The van der Waals surface area contributed by atoms with Crippen molar-refractivity contribution < 1.29 is 19.3 Å². The van der Waals surface area contributed by atoms with E-state index in [9.17, 15) is 4.91 Å². The number of aliphatic hydroxyl groups excluding tert-OH is 1. The van der Waals surface area contributed by atoms with E-state index in [-0.39, 0.29) is 6.61 Å². The quantitative estimate of drug-likeness (QED) is 0.440. The molecule has 1 N–H and O–H groups in total. The molecule has 0 saturated heterocycles. The van der Waals surface area contributed by atoms with E-state index >= 15 is 0 Å². The van der Waals surface area contributed by atoms with Crippen molar-refractivity contribution in [3.05, 3.63) is 29.2 Å². The van der Waals surface area contributed by atoms with E-state index in [1.165, 1.54) is 0 Å². The molecule has 1 aromatic rings. The summed E-state index contributed by atoms with van der Waals surface area (Å²) in [6.45, 7) is 3.92. The van der Waals surface area contributed by atoms with Gasteiger partial charge in [-0.1, -0.05) is 0 Å². The highest BCUT2D eigenvalue weighted by Gasteiger charge is 2.06. The van der Waals surface area contributed by atoms with E-state index in [0.717, 1.165) is 5.69 Å². The number of methoxy groups -OCH3 is 1. The van der Waals surface area contributed by atoms with Crippen molar-refractivity contribution in [2.45, 2.75) is 0 Å². The second-order valence-corrected chi connectivity index (χ2v) is 4.54. The van der Waals surface area contributed by atoms with Crippen LogP contribution in [0.15, 0.2) is 29.4 Å². The normalized spacial score (nSPS) is 10.6. The van der Waals surface area contributed by atoms with E-state index in [1.54, 1.807) is 31.4 Å². The Morgan fingerprint density at radius 3 is 2.23 bits per heavy atom. The van der Waals surface area contributed by atoms with Crippen LogP contribution in [0.25, 0.3) is 0 Å². The number of ether oxygens (including phenoxy) is 3. The van der Waals surface area contributed by atoms with Gasteiger partial charge in [-0.2, -0.15) is 0 Å². The largest absolute Gasteiger partial charge is 0.395 e. The van der Waals surface area contributed by atoms with Crippen LogP contribution in [0.2, 0.25) is 0 Å². The van der Waals surface area contributed by atoms with E-state index in [4.69, 9.17) is 19.3 Å². The highest BCUT2D eigenvalue weighted by molar-refractivity contribution is 5.52. The molecule has 0 bridgehead atoms.